The van der Waals surface area contributed by atoms with Gasteiger partial charge in [0.2, 0.25) is 15.9 Å². The van der Waals surface area contributed by atoms with Gasteiger partial charge in [-0.15, -0.1) is 0 Å². The number of pyridine rings is 1. The van der Waals surface area contributed by atoms with E-state index in [0.717, 1.165) is 19.3 Å². The summed E-state index contributed by atoms with van der Waals surface area (Å²) in [4.78, 5) is 24.1. The molecule has 2 heterocycles. The molecule has 1 aromatic heterocycles. The third kappa shape index (κ3) is 5.04. The maximum Gasteiger partial charge on any atom is 0.250 e. The third-order valence-corrected chi connectivity index (χ3v) is 6.59. The van der Waals surface area contributed by atoms with Crippen LogP contribution in [0.2, 0.25) is 0 Å². The minimum absolute atomic E-state index is 0.0379. The number of sulfonamides is 1. The molecule has 0 bridgehead atoms. The Morgan fingerprint density at radius 2 is 1.90 bits per heavy atom. The van der Waals surface area contributed by atoms with Gasteiger partial charge in [0.25, 0.3) is 5.56 Å². The first kappa shape index (κ1) is 21.1. The van der Waals surface area contributed by atoms with E-state index in [1.54, 1.807) is 31.2 Å². The van der Waals surface area contributed by atoms with Crippen LogP contribution in [0.25, 0.3) is 0 Å². The summed E-state index contributed by atoms with van der Waals surface area (Å²) in [6, 6.07) is 9.18. The van der Waals surface area contributed by atoms with E-state index in [1.807, 2.05) is 0 Å². The number of aromatic nitrogens is 1. The Kier molecular flexibility index (Phi) is 6.71. The van der Waals surface area contributed by atoms with E-state index >= 15 is 0 Å². The molecular weight excluding hydrogens is 394 g/mol. The van der Waals surface area contributed by atoms with Gasteiger partial charge in [-0.1, -0.05) is 12.5 Å². The van der Waals surface area contributed by atoms with Crippen molar-refractivity contribution in [3.8, 4) is 5.75 Å². The van der Waals surface area contributed by atoms with Crippen molar-refractivity contribution >= 4 is 21.6 Å². The van der Waals surface area contributed by atoms with Crippen LogP contribution in [0, 0.1) is 0 Å². The summed E-state index contributed by atoms with van der Waals surface area (Å²) in [5.41, 5.74) is 0.0423. The molecule has 1 aliphatic rings. The van der Waals surface area contributed by atoms with Gasteiger partial charge in [0, 0.05) is 31.0 Å². The lowest BCUT2D eigenvalue weighted by atomic mass is 10.2. The van der Waals surface area contributed by atoms with E-state index in [1.165, 1.54) is 27.2 Å². The molecule has 0 unspecified atom stereocenters. The van der Waals surface area contributed by atoms with E-state index in [4.69, 9.17) is 4.74 Å². The molecule has 1 fully saturated rings. The Hall–Kier alpha value is -2.65. The Labute approximate surface area is 170 Å². The molecule has 1 N–H and O–H groups in total. The molecule has 0 aliphatic carbocycles. The molecule has 0 saturated carbocycles. The Morgan fingerprint density at radius 3 is 2.59 bits per heavy atom. The fourth-order valence-corrected chi connectivity index (χ4v) is 4.93. The van der Waals surface area contributed by atoms with Gasteiger partial charge in [-0.3, -0.25) is 9.59 Å². The number of carbonyl (C=O) groups is 1. The van der Waals surface area contributed by atoms with Crippen molar-refractivity contribution in [2.24, 2.45) is 0 Å². The van der Waals surface area contributed by atoms with Crippen molar-refractivity contribution in [2.75, 3.05) is 25.0 Å². The average molecular weight is 420 g/mol. The fourth-order valence-electron chi connectivity index (χ4n) is 3.25. The van der Waals surface area contributed by atoms with Gasteiger partial charge in [0.05, 0.1) is 6.61 Å². The van der Waals surface area contributed by atoms with Crippen molar-refractivity contribution in [1.82, 2.24) is 8.87 Å². The standard InChI is InChI=1S/C20H25N3O5S/c1-2-28-17-10-9-16(21-19(24)15-22-11-7-4-8-20(22)25)14-18(17)29(26,27)23-12-5-3-6-13-23/h4,7-11,14H,2-3,5-6,12-13,15H2,1H3,(H,21,24). The van der Waals surface area contributed by atoms with Gasteiger partial charge in [-0.2, -0.15) is 4.31 Å². The molecule has 1 amide bonds. The van der Waals surface area contributed by atoms with Crippen LogP contribution >= 0.6 is 0 Å². The van der Waals surface area contributed by atoms with Gasteiger partial charge in [0.1, 0.15) is 17.2 Å². The number of piperidine rings is 1. The number of nitrogens with zero attached hydrogens (tertiary/aromatic N) is 2. The third-order valence-electron chi connectivity index (χ3n) is 4.67. The van der Waals surface area contributed by atoms with Crippen LogP contribution in [0.3, 0.4) is 0 Å². The van der Waals surface area contributed by atoms with Gasteiger partial charge in [0.15, 0.2) is 0 Å². The van der Waals surface area contributed by atoms with Gasteiger partial charge in [-0.25, -0.2) is 8.42 Å². The van der Waals surface area contributed by atoms with Crippen molar-refractivity contribution in [1.29, 1.82) is 0 Å². The Balaban J connectivity index is 1.85. The number of nitrogens with one attached hydrogen (secondary N) is 1. The first-order valence-corrected chi connectivity index (χ1v) is 11.1. The second-order valence-electron chi connectivity index (χ2n) is 6.77. The molecule has 0 atom stereocenters. The number of anilines is 1. The molecule has 1 saturated heterocycles. The lowest BCUT2D eigenvalue weighted by Gasteiger charge is -2.27. The van der Waals surface area contributed by atoms with Gasteiger partial charge < -0.3 is 14.6 Å². The monoisotopic (exact) mass is 419 g/mol. The number of rotatable bonds is 7. The SMILES string of the molecule is CCOc1ccc(NC(=O)Cn2ccccc2=O)cc1S(=O)(=O)N1CCCCC1. The zero-order chi connectivity index (χ0) is 20.9. The van der Waals surface area contributed by atoms with Crippen molar-refractivity contribution < 1.29 is 17.9 Å². The molecule has 156 valence electrons. The molecule has 0 radical (unpaired) electrons. The van der Waals surface area contributed by atoms with E-state index < -0.39 is 15.9 Å². The highest BCUT2D eigenvalue weighted by molar-refractivity contribution is 7.89. The summed E-state index contributed by atoms with van der Waals surface area (Å²) in [6.07, 6.45) is 4.18. The van der Waals surface area contributed by atoms with Gasteiger partial charge in [-0.05, 0) is 44.0 Å². The van der Waals surface area contributed by atoms with Crippen molar-refractivity contribution in [2.45, 2.75) is 37.6 Å². The van der Waals surface area contributed by atoms with Crippen LogP contribution in [0.5, 0.6) is 5.75 Å². The van der Waals surface area contributed by atoms with Crippen LogP contribution < -0.4 is 15.6 Å². The molecule has 8 nitrogen and oxygen atoms in total. The lowest BCUT2D eigenvalue weighted by Crippen LogP contribution is -2.35. The summed E-state index contributed by atoms with van der Waals surface area (Å²) in [6.45, 7) is 2.89. The number of ether oxygens (including phenoxy) is 1. The first-order valence-electron chi connectivity index (χ1n) is 9.64. The molecule has 0 spiro atoms. The normalized spacial score (nSPS) is 15.1. The Bertz CT molecular complexity index is 1030. The second-order valence-corrected chi connectivity index (χ2v) is 8.68. The molecule has 2 aromatic rings. The highest BCUT2D eigenvalue weighted by Crippen LogP contribution is 2.31. The predicted octanol–water partition coefficient (Wildman–Crippen LogP) is 2.06. The highest BCUT2D eigenvalue weighted by Gasteiger charge is 2.29. The maximum atomic E-state index is 13.1. The summed E-state index contributed by atoms with van der Waals surface area (Å²) in [5.74, 6) is -0.167. The predicted molar refractivity (Wildman–Crippen MR) is 110 cm³/mol. The minimum Gasteiger partial charge on any atom is -0.492 e. The van der Waals surface area contributed by atoms with Crippen LogP contribution in [0.1, 0.15) is 26.2 Å². The molecule has 9 heteroatoms. The topological polar surface area (TPSA) is 97.7 Å². The van der Waals surface area contributed by atoms with Crippen molar-refractivity contribution in [3.63, 3.8) is 0 Å². The van der Waals surface area contributed by atoms with Crippen LogP contribution in [-0.2, 0) is 21.4 Å². The van der Waals surface area contributed by atoms with E-state index in [-0.39, 0.29) is 22.7 Å². The zero-order valence-electron chi connectivity index (χ0n) is 16.3. The Morgan fingerprint density at radius 1 is 1.14 bits per heavy atom. The summed E-state index contributed by atoms with van der Waals surface area (Å²) in [7, 11) is -3.74. The lowest BCUT2D eigenvalue weighted by molar-refractivity contribution is -0.116. The molecule has 1 aliphatic heterocycles. The summed E-state index contributed by atoms with van der Waals surface area (Å²) in [5, 5.41) is 2.67. The van der Waals surface area contributed by atoms with Crippen molar-refractivity contribution in [3.05, 3.63) is 52.9 Å². The van der Waals surface area contributed by atoms with E-state index in [2.05, 4.69) is 5.32 Å². The molecule has 1 aromatic carbocycles. The van der Waals surface area contributed by atoms with Crippen LogP contribution in [-0.4, -0.2) is 42.9 Å². The second kappa shape index (κ2) is 9.23. The first-order chi connectivity index (χ1) is 13.9. The number of benzene rings is 1. The number of carbonyl (C=O) groups excluding carboxylic acids is 1. The highest BCUT2D eigenvalue weighted by atomic mass is 32.2. The van der Waals surface area contributed by atoms with Gasteiger partial charge >= 0.3 is 0 Å². The zero-order valence-corrected chi connectivity index (χ0v) is 17.2. The molecule has 3 rings (SSSR count). The number of hydrogen-bond donors (Lipinski definition) is 1. The smallest absolute Gasteiger partial charge is 0.250 e. The largest absolute Gasteiger partial charge is 0.492 e. The molecule has 29 heavy (non-hydrogen) atoms. The number of amides is 1. The minimum atomic E-state index is -3.74. The summed E-state index contributed by atoms with van der Waals surface area (Å²) < 4.78 is 34.5. The molecular formula is C20H25N3O5S. The van der Waals surface area contributed by atoms with Crippen LogP contribution in [0.4, 0.5) is 5.69 Å². The van der Waals surface area contributed by atoms with Crippen LogP contribution in [0.15, 0.2) is 52.3 Å². The quantitative estimate of drug-likeness (QED) is 0.741. The van der Waals surface area contributed by atoms with E-state index in [0.29, 0.717) is 25.4 Å². The number of hydrogen-bond acceptors (Lipinski definition) is 5. The average Bonchev–Trinajstić information content (AvgIpc) is 2.71. The van der Waals surface area contributed by atoms with E-state index in [9.17, 15) is 18.0 Å². The fraction of sp³-hybridized carbons (Fsp3) is 0.400. The summed E-state index contributed by atoms with van der Waals surface area (Å²) >= 11 is 0. The maximum absolute atomic E-state index is 13.1.